The summed E-state index contributed by atoms with van der Waals surface area (Å²) in [5, 5.41) is 6.71. The van der Waals surface area contributed by atoms with Crippen molar-refractivity contribution < 1.29 is 9.53 Å². The maximum Gasteiger partial charge on any atom is 0.410 e. The van der Waals surface area contributed by atoms with Gasteiger partial charge in [-0.05, 0) is 54.3 Å². The number of halogens is 1. The lowest BCUT2D eigenvalue weighted by Gasteiger charge is -2.40. The van der Waals surface area contributed by atoms with Crippen LogP contribution in [-0.2, 0) is 4.74 Å². The number of rotatable bonds is 9. The number of ether oxygens (including phenoxy) is 1. The fourth-order valence-corrected chi connectivity index (χ4v) is 2.72. The van der Waals surface area contributed by atoms with E-state index in [0.29, 0.717) is 13.1 Å². The van der Waals surface area contributed by atoms with Gasteiger partial charge in [-0.1, -0.05) is 19.3 Å². The molecule has 0 saturated carbocycles. The number of guanidine groups is 1. The van der Waals surface area contributed by atoms with Crippen molar-refractivity contribution in [2.45, 2.75) is 64.5 Å². The van der Waals surface area contributed by atoms with E-state index in [-0.39, 0.29) is 36.1 Å². The Kier molecular flexibility index (Phi) is 13.0. The van der Waals surface area contributed by atoms with Gasteiger partial charge in [-0.3, -0.25) is 4.99 Å². The highest BCUT2D eigenvalue weighted by molar-refractivity contribution is 14.0. The number of unbranched alkanes of at least 4 members (excludes halogenated alkanes) is 4. The minimum atomic E-state index is -0.445. The highest BCUT2D eigenvalue weighted by Gasteiger charge is 2.34. The van der Waals surface area contributed by atoms with E-state index < -0.39 is 5.60 Å². The van der Waals surface area contributed by atoms with Crippen molar-refractivity contribution in [3.8, 4) is 0 Å². The number of hydrogen-bond donors (Lipinski definition) is 2. The second kappa shape index (κ2) is 13.4. The minimum Gasteiger partial charge on any atom is -0.444 e. The van der Waals surface area contributed by atoms with Crippen LogP contribution in [0.1, 0.15) is 52.9 Å². The van der Waals surface area contributed by atoms with Crippen LogP contribution >= 0.6 is 24.0 Å². The molecule has 0 bridgehead atoms. The normalized spacial score (nSPS) is 15.2. The number of nitrogens with zero attached hydrogens (tertiary/aromatic N) is 3. The zero-order valence-electron chi connectivity index (χ0n) is 18.0. The lowest BCUT2D eigenvalue weighted by atomic mass is 10.1. The Morgan fingerprint density at radius 2 is 1.74 bits per heavy atom. The van der Waals surface area contributed by atoms with E-state index in [4.69, 9.17) is 4.74 Å². The third kappa shape index (κ3) is 12.3. The van der Waals surface area contributed by atoms with Crippen molar-refractivity contribution in [2.24, 2.45) is 4.99 Å². The number of carbonyl (C=O) groups excluding carboxylic acids is 1. The van der Waals surface area contributed by atoms with Gasteiger partial charge < -0.3 is 25.2 Å². The molecule has 1 aliphatic heterocycles. The molecule has 0 aromatic rings. The maximum absolute atomic E-state index is 11.9. The van der Waals surface area contributed by atoms with Crippen LogP contribution in [0.15, 0.2) is 4.99 Å². The van der Waals surface area contributed by atoms with Gasteiger partial charge in [0.05, 0.1) is 6.04 Å². The topological polar surface area (TPSA) is 69.2 Å². The first-order valence-corrected chi connectivity index (χ1v) is 9.81. The molecule has 1 aliphatic rings. The number of carbonyl (C=O) groups is 1. The Hall–Kier alpha value is -0.770. The van der Waals surface area contributed by atoms with Gasteiger partial charge in [0.15, 0.2) is 5.96 Å². The number of likely N-dealkylation sites (tertiary alicyclic amines) is 1. The van der Waals surface area contributed by atoms with Crippen LogP contribution in [0.5, 0.6) is 0 Å². The van der Waals surface area contributed by atoms with Crippen LogP contribution in [0.25, 0.3) is 0 Å². The van der Waals surface area contributed by atoms with Gasteiger partial charge in [-0.25, -0.2) is 4.79 Å². The third-order valence-electron chi connectivity index (χ3n) is 4.17. The highest BCUT2D eigenvalue weighted by Crippen LogP contribution is 2.15. The van der Waals surface area contributed by atoms with Gasteiger partial charge in [0.1, 0.15) is 5.60 Å². The first-order chi connectivity index (χ1) is 12.2. The molecule has 0 aromatic carbocycles. The summed E-state index contributed by atoms with van der Waals surface area (Å²) in [5.74, 6) is 0.812. The standard InChI is InChI=1S/C19H39N5O2.HI/c1-19(2,3)26-18(25)24-14-16(15-24)22-17(20-4)21-12-10-8-7-9-11-13-23(5)6;/h16H,7-15H2,1-6H3,(H2,20,21,22);1H. The van der Waals surface area contributed by atoms with Crippen LogP contribution < -0.4 is 10.6 Å². The van der Waals surface area contributed by atoms with Gasteiger partial charge in [-0.2, -0.15) is 0 Å². The average Bonchev–Trinajstić information content (AvgIpc) is 2.48. The van der Waals surface area contributed by atoms with Crippen molar-refractivity contribution in [3.05, 3.63) is 0 Å². The molecular formula is C19H40IN5O2. The van der Waals surface area contributed by atoms with Crippen LogP contribution in [0.2, 0.25) is 0 Å². The molecule has 8 heteroatoms. The van der Waals surface area contributed by atoms with Gasteiger partial charge >= 0.3 is 6.09 Å². The van der Waals surface area contributed by atoms with Gasteiger partial charge in [-0.15, -0.1) is 24.0 Å². The quantitative estimate of drug-likeness (QED) is 0.222. The zero-order valence-corrected chi connectivity index (χ0v) is 20.3. The maximum atomic E-state index is 11.9. The summed E-state index contributed by atoms with van der Waals surface area (Å²) in [6.45, 7) is 9.06. The Morgan fingerprint density at radius 3 is 2.30 bits per heavy atom. The number of hydrogen-bond acceptors (Lipinski definition) is 4. The van der Waals surface area contributed by atoms with Crippen molar-refractivity contribution in [2.75, 3.05) is 47.3 Å². The molecule has 0 spiro atoms. The fourth-order valence-electron chi connectivity index (χ4n) is 2.72. The van der Waals surface area contributed by atoms with Crippen molar-refractivity contribution in [3.63, 3.8) is 0 Å². The molecule has 0 unspecified atom stereocenters. The largest absolute Gasteiger partial charge is 0.444 e. The highest BCUT2D eigenvalue weighted by atomic mass is 127. The van der Waals surface area contributed by atoms with E-state index in [1.165, 1.54) is 32.2 Å². The van der Waals surface area contributed by atoms with Crippen LogP contribution in [0.4, 0.5) is 4.79 Å². The lowest BCUT2D eigenvalue weighted by Crippen LogP contribution is -2.63. The Morgan fingerprint density at radius 1 is 1.15 bits per heavy atom. The minimum absolute atomic E-state index is 0. The van der Waals surface area contributed by atoms with Gasteiger partial charge in [0.25, 0.3) is 0 Å². The fraction of sp³-hybridized carbons (Fsp3) is 0.895. The molecule has 1 amide bonds. The molecular weight excluding hydrogens is 457 g/mol. The number of amides is 1. The smallest absolute Gasteiger partial charge is 0.410 e. The summed E-state index contributed by atoms with van der Waals surface area (Å²) in [6, 6.07) is 0.236. The third-order valence-corrected chi connectivity index (χ3v) is 4.17. The molecule has 7 nitrogen and oxygen atoms in total. The molecule has 27 heavy (non-hydrogen) atoms. The molecule has 0 aromatic heterocycles. The van der Waals surface area contributed by atoms with Gasteiger partial charge in [0, 0.05) is 26.7 Å². The molecule has 1 saturated heterocycles. The molecule has 1 heterocycles. The van der Waals surface area contributed by atoms with E-state index in [1.54, 1.807) is 11.9 Å². The molecule has 0 radical (unpaired) electrons. The van der Waals surface area contributed by atoms with Gasteiger partial charge in [0.2, 0.25) is 0 Å². The second-order valence-electron chi connectivity index (χ2n) is 8.30. The van der Waals surface area contributed by atoms with Crippen molar-refractivity contribution in [1.29, 1.82) is 0 Å². The van der Waals surface area contributed by atoms with Crippen LogP contribution in [0, 0.1) is 0 Å². The number of nitrogens with one attached hydrogen (secondary N) is 2. The molecule has 1 rings (SSSR count). The Bertz CT molecular complexity index is 446. The van der Waals surface area contributed by atoms with E-state index in [1.807, 2.05) is 20.8 Å². The number of aliphatic imine (C=N–C) groups is 1. The van der Waals surface area contributed by atoms with E-state index in [9.17, 15) is 4.79 Å². The summed E-state index contributed by atoms with van der Waals surface area (Å²) in [5.41, 5.74) is -0.445. The molecule has 2 N–H and O–H groups in total. The summed E-state index contributed by atoms with van der Waals surface area (Å²) in [4.78, 5) is 20.1. The van der Waals surface area contributed by atoms with E-state index >= 15 is 0 Å². The lowest BCUT2D eigenvalue weighted by molar-refractivity contribution is 0.00701. The summed E-state index contributed by atoms with van der Waals surface area (Å²) in [7, 11) is 6.02. The monoisotopic (exact) mass is 497 g/mol. The molecule has 0 atom stereocenters. The Labute approximate surface area is 182 Å². The van der Waals surface area contributed by atoms with Crippen LogP contribution in [-0.4, -0.2) is 80.8 Å². The SMILES string of the molecule is CN=C(NCCCCCCCN(C)C)NC1CN(C(=O)OC(C)(C)C)C1.I. The molecule has 1 fully saturated rings. The average molecular weight is 497 g/mol. The van der Waals surface area contributed by atoms with E-state index in [2.05, 4.69) is 34.6 Å². The van der Waals surface area contributed by atoms with E-state index in [0.717, 1.165) is 18.9 Å². The summed E-state index contributed by atoms with van der Waals surface area (Å²) in [6.07, 6.45) is 6.01. The molecule has 0 aliphatic carbocycles. The van der Waals surface area contributed by atoms with Crippen LogP contribution in [0.3, 0.4) is 0 Å². The predicted molar refractivity (Wildman–Crippen MR) is 123 cm³/mol. The molecule has 160 valence electrons. The summed E-state index contributed by atoms with van der Waals surface area (Å²) < 4.78 is 5.36. The Balaban J connectivity index is 0.00000676. The van der Waals surface area contributed by atoms with Crippen molar-refractivity contribution in [1.82, 2.24) is 20.4 Å². The zero-order chi connectivity index (χ0) is 19.6. The summed E-state index contributed by atoms with van der Waals surface area (Å²) >= 11 is 0. The first-order valence-electron chi connectivity index (χ1n) is 9.81. The predicted octanol–water partition coefficient (Wildman–Crippen LogP) is 2.90. The van der Waals surface area contributed by atoms with Crippen molar-refractivity contribution >= 4 is 36.0 Å². The first kappa shape index (κ1) is 26.2. The second-order valence-corrected chi connectivity index (χ2v) is 8.30.